The fraction of sp³-hybridized carbons (Fsp3) is 0.417. The molecular weight excluding hydrogens is 412 g/mol. The molecule has 2 N–H and O–H groups in total. The third-order valence-electron chi connectivity index (χ3n) is 5.10. The number of rotatable bonds is 10. The molecule has 32 heavy (non-hydrogen) atoms. The minimum atomic E-state index is -0.362. The van der Waals surface area contributed by atoms with E-state index < -0.39 is 0 Å². The Morgan fingerprint density at radius 2 is 1.66 bits per heavy atom. The molecule has 0 saturated carbocycles. The highest BCUT2D eigenvalue weighted by molar-refractivity contribution is 5.97. The number of carbonyl (C=O) groups excluding carboxylic acids is 2. The van der Waals surface area contributed by atoms with Crippen LogP contribution in [0.4, 0.5) is 0 Å². The predicted octanol–water partition coefficient (Wildman–Crippen LogP) is 3.04. The Bertz CT molecular complexity index is 973. The number of nitrogens with one attached hydrogen (secondary N) is 2. The Morgan fingerprint density at radius 1 is 0.938 bits per heavy atom. The van der Waals surface area contributed by atoms with Gasteiger partial charge >= 0.3 is 0 Å². The smallest absolute Gasteiger partial charge is 0.251 e. The molecule has 0 bridgehead atoms. The van der Waals surface area contributed by atoms with Crippen molar-refractivity contribution in [3.8, 4) is 23.0 Å². The van der Waals surface area contributed by atoms with Crippen LogP contribution in [0.3, 0.4) is 0 Å². The van der Waals surface area contributed by atoms with Crippen molar-refractivity contribution in [2.75, 3.05) is 33.1 Å². The number of hydrogen-bond donors (Lipinski definition) is 2. The van der Waals surface area contributed by atoms with Crippen molar-refractivity contribution >= 4 is 11.8 Å². The van der Waals surface area contributed by atoms with Crippen LogP contribution < -0.4 is 29.6 Å². The van der Waals surface area contributed by atoms with Gasteiger partial charge in [0, 0.05) is 17.5 Å². The minimum absolute atomic E-state index is 0.132. The van der Waals surface area contributed by atoms with Gasteiger partial charge in [0.2, 0.25) is 12.7 Å². The molecule has 8 heteroatoms. The van der Waals surface area contributed by atoms with Crippen LogP contribution in [0.5, 0.6) is 23.0 Å². The molecule has 0 spiro atoms. The van der Waals surface area contributed by atoms with Crippen LogP contribution in [0.25, 0.3) is 0 Å². The summed E-state index contributed by atoms with van der Waals surface area (Å²) in [5.41, 5.74) is 1.08. The largest absolute Gasteiger partial charge is 0.490 e. The Morgan fingerprint density at radius 3 is 2.41 bits per heavy atom. The Balaban J connectivity index is 1.53. The van der Waals surface area contributed by atoms with Crippen molar-refractivity contribution in [3.63, 3.8) is 0 Å². The van der Waals surface area contributed by atoms with E-state index in [1.807, 2.05) is 45.9 Å². The van der Waals surface area contributed by atoms with Crippen LogP contribution in [-0.4, -0.2) is 44.9 Å². The Kier molecular flexibility index (Phi) is 7.45. The fourth-order valence-corrected chi connectivity index (χ4v) is 3.26. The van der Waals surface area contributed by atoms with Crippen molar-refractivity contribution in [1.29, 1.82) is 0 Å². The summed E-state index contributed by atoms with van der Waals surface area (Å²) in [6.45, 7) is 9.22. The molecule has 1 aliphatic heterocycles. The molecule has 1 heterocycles. The molecule has 2 aromatic carbocycles. The molecule has 8 nitrogen and oxygen atoms in total. The molecule has 0 aliphatic carbocycles. The van der Waals surface area contributed by atoms with Gasteiger partial charge in [-0.15, -0.1) is 0 Å². The van der Waals surface area contributed by atoms with E-state index in [-0.39, 0.29) is 30.6 Å². The predicted molar refractivity (Wildman–Crippen MR) is 120 cm³/mol. The van der Waals surface area contributed by atoms with E-state index in [1.54, 1.807) is 18.2 Å². The summed E-state index contributed by atoms with van der Waals surface area (Å²) in [6, 6.07) is 10.7. The first kappa shape index (κ1) is 23.2. The second kappa shape index (κ2) is 10.3. The van der Waals surface area contributed by atoms with Gasteiger partial charge in [0.1, 0.15) is 0 Å². The van der Waals surface area contributed by atoms with Crippen LogP contribution in [0.1, 0.15) is 43.6 Å². The number of fused-ring (bicyclic) bond motifs is 1. The number of hydrogen-bond acceptors (Lipinski definition) is 6. The fourth-order valence-electron chi connectivity index (χ4n) is 3.26. The first-order valence-electron chi connectivity index (χ1n) is 10.7. The van der Waals surface area contributed by atoms with E-state index in [4.69, 9.17) is 18.9 Å². The van der Waals surface area contributed by atoms with Crippen LogP contribution in [0.2, 0.25) is 0 Å². The summed E-state index contributed by atoms with van der Waals surface area (Å²) in [4.78, 5) is 24.8. The second-order valence-electron chi connectivity index (χ2n) is 7.94. The summed E-state index contributed by atoms with van der Waals surface area (Å²) in [5, 5.41) is 5.53. The van der Waals surface area contributed by atoms with Crippen molar-refractivity contribution < 1.29 is 28.5 Å². The maximum atomic E-state index is 12.5. The zero-order valence-electron chi connectivity index (χ0n) is 18.9. The molecule has 3 rings (SSSR count). The highest BCUT2D eigenvalue weighted by atomic mass is 16.7. The third kappa shape index (κ3) is 5.63. The van der Waals surface area contributed by atoms with E-state index in [2.05, 4.69) is 10.6 Å². The van der Waals surface area contributed by atoms with Gasteiger partial charge in [0.15, 0.2) is 23.0 Å². The van der Waals surface area contributed by atoms with Gasteiger partial charge in [-0.05, 0) is 49.7 Å². The first-order valence-corrected chi connectivity index (χ1v) is 10.7. The molecular formula is C24H30N2O6. The van der Waals surface area contributed by atoms with Crippen LogP contribution in [0, 0.1) is 0 Å². The van der Waals surface area contributed by atoms with E-state index in [0.717, 1.165) is 11.3 Å². The maximum absolute atomic E-state index is 12.5. The number of ether oxygens (including phenoxy) is 4. The van der Waals surface area contributed by atoms with Crippen LogP contribution in [0.15, 0.2) is 36.4 Å². The minimum Gasteiger partial charge on any atom is -0.490 e. The maximum Gasteiger partial charge on any atom is 0.251 e. The van der Waals surface area contributed by atoms with Crippen molar-refractivity contribution in [2.24, 2.45) is 0 Å². The molecule has 1 aliphatic rings. The van der Waals surface area contributed by atoms with Crippen molar-refractivity contribution in [2.45, 2.75) is 33.1 Å². The van der Waals surface area contributed by atoms with Crippen molar-refractivity contribution in [3.05, 3.63) is 47.5 Å². The lowest BCUT2D eigenvalue weighted by Crippen LogP contribution is -2.42. The summed E-state index contributed by atoms with van der Waals surface area (Å²) in [7, 11) is 0. The average Bonchev–Trinajstić information content (AvgIpc) is 3.25. The van der Waals surface area contributed by atoms with Gasteiger partial charge in [-0.1, -0.05) is 19.9 Å². The first-order chi connectivity index (χ1) is 15.3. The summed E-state index contributed by atoms with van der Waals surface area (Å²) >= 11 is 0. The molecule has 2 amide bonds. The monoisotopic (exact) mass is 442 g/mol. The zero-order chi connectivity index (χ0) is 23.1. The number of benzene rings is 2. The standard InChI is InChI=1S/C24H30N2O6/c1-5-29-18-9-7-16(11-20(18)30-6-2)23(28)25-13-22(27)26-14-24(3,4)17-8-10-19-21(12-17)32-15-31-19/h7-12H,5-6,13-15H2,1-4H3,(H,25,28)(H,26,27). The second-order valence-corrected chi connectivity index (χ2v) is 7.94. The Hall–Kier alpha value is -3.42. The lowest BCUT2D eigenvalue weighted by atomic mass is 9.84. The van der Waals surface area contributed by atoms with E-state index >= 15 is 0 Å². The Labute approximate surface area is 188 Å². The lowest BCUT2D eigenvalue weighted by Gasteiger charge is -2.26. The van der Waals surface area contributed by atoms with E-state index in [0.29, 0.717) is 42.6 Å². The van der Waals surface area contributed by atoms with E-state index in [9.17, 15) is 9.59 Å². The summed E-state index contributed by atoms with van der Waals surface area (Å²) in [6.07, 6.45) is 0. The van der Waals surface area contributed by atoms with Crippen LogP contribution >= 0.6 is 0 Å². The quantitative estimate of drug-likeness (QED) is 0.587. The van der Waals surface area contributed by atoms with Gasteiger partial charge in [-0.25, -0.2) is 0 Å². The zero-order valence-corrected chi connectivity index (χ0v) is 18.9. The molecule has 172 valence electrons. The van der Waals surface area contributed by atoms with Gasteiger partial charge < -0.3 is 29.6 Å². The third-order valence-corrected chi connectivity index (χ3v) is 5.10. The molecule has 0 fully saturated rings. The SMILES string of the molecule is CCOc1ccc(C(=O)NCC(=O)NCC(C)(C)c2ccc3c(c2)OCO3)cc1OCC. The van der Waals surface area contributed by atoms with Crippen molar-refractivity contribution in [1.82, 2.24) is 10.6 Å². The van der Waals surface area contributed by atoms with Gasteiger partial charge in [-0.2, -0.15) is 0 Å². The number of carbonyl (C=O) groups is 2. The highest BCUT2D eigenvalue weighted by Gasteiger charge is 2.25. The number of amides is 2. The van der Waals surface area contributed by atoms with Crippen LogP contribution in [-0.2, 0) is 10.2 Å². The molecule has 2 aromatic rings. The van der Waals surface area contributed by atoms with Gasteiger partial charge in [-0.3, -0.25) is 9.59 Å². The lowest BCUT2D eigenvalue weighted by molar-refractivity contribution is -0.120. The molecule has 0 aromatic heterocycles. The van der Waals surface area contributed by atoms with Gasteiger partial charge in [0.05, 0.1) is 19.8 Å². The van der Waals surface area contributed by atoms with E-state index in [1.165, 1.54) is 0 Å². The normalized spacial score (nSPS) is 12.2. The summed E-state index contributed by atoms with van der Waals surface area (Å²) in [5.74, 6) is 1.86. The summed E-state index contributed by atoms with van der Waals surface area (Å²) < 4.78 is 21.8. The molecule has 0 atom stereocenters. The topological polar surface area (TPSA) is 95.1 Å². The molecule has 0 unspecified atom stereocenters. The molecule has 0 saturated heterocycles. The average molecular weight is 443 g/mol. The van der Waals surface area contributed by atoms with Gasteiger partial charge in [0.25, 0.3) is 5.91 Å². The molecule has 0 radical (unpaired) electrons. The highest BCUT2D eigenvalue weighted by Crippen LogP contribution is 2.36.